The number of methoxy groups -OCH3 is 1. The molecule has 0 bridgehead atoms. The maximum atomic E-state index is 12.7. The lowest BCUT2D eigenvalue weighted by molar-refractivity contribution is -0.121. The average Bonchev–Trinajstić information content (AvgIpc) is 2.55. The van der Waals surface area contributed by atoms with Crippen molar-refractivity contribution in [3.63, 3.8) is 0 Å². The summed E-state index contributed by atoms with van der Waals surface area (Å²) in [4.78, 5) is 12.7. The van der Waals surface area contributed by atoms with E-state index in [-0.39, 0.29) is 17.6 Å². The number of hydrogen-bond acceptors (Lipinski definition) is 3. The third-order valence-electron chi connectivity index (χ3n) is 4.78. The lowest BCUT2D eigenvalue weighted by atomic mass is 9.88. The summed E-state index contributed by atoms with van der Waals surface area (Å²) in [6.45, 7) is 8.16. The van der Waals surface area contributed by atoms with Gasteiger partial charge in [-0.05, 0) is 51.0 Å². The van der Waals surface area contributed by atoms with E-state index in [4.69, 9.17) is 9.47 Å². The highest BCUT2D eigenvalue weighted by molar-refractivity contribution is 5.79. The highest BCUT2D eigenvalue weighted by Gasteiger charge is 2.34. The fraction of sp³-hybridized carbons (Fsp3) is 0.409. The third-order valence-corrected chi connectivity index (χ3v) is 4.78. The zero-order valence-electron chi connectivity index (χ0n) is 16.2. The minimum atomic E-state index is -0.309. The van der Waals surface area contributed by atoms with Gasteiger partial charge in [0.05, 0.1) is 19.6 Å². The number of rotatable bonds is 4. The zero-order valence-corrected chi connectivity index (χ0v) is 16.2. The predicted molar refractivity (Wildman–Crippen MR) is 103 cm³/mol. The number of ether oxygens (including phenoxy) is 2. The molecule has 4 nitrogen and oxygen atoms in total. The van der Waals surface area contributed by atoms with Crippen molar-refractivity contribution in [3.8, 4) is 11.5 Å². The first-order valence-corrected chi connectivity index (χ1v) is 9.00. The van der Waals surface area contributed by atoms with Gasteiger partial charge in [0.15, 0.2) is 0 Å². The van der Waals surface area contributed by atoms with Gasteiger partial charge in [0, 0.05) is 12.0 Å². The molecule has 1 amide bonds. The van der Waals surface area contributed by atoms with E-state index >= 15 is 0 Å². The van der Waals surface area contributed by atoms with E-state index in [9.17, 15) is 4.79 Å². The van der Waals surface area contributed by atoms with Crippen LogP contribution in [0.3, 0.4) is 0 Å². The van der Waals surface area contributed by atoms with Gasteiger partial charge >= 0.3 is 0 Å². The first kappa shape index (κ1) is 18.3. The summed E-state index contributed by atoms with van der Waals surface area (Å²) >= 11 is 0. The van der Waals surface area contributed by atoms with Gasteiger partial charge in [-0.2, -0.15) is 0 Å². The minimum Gasteiger partial charge on any atom is -0.496 e. The zero-order chi connectivity index (χ0) is 18.9. The Morgan fingerprint density at radius 1 is 1.23 bits per heavy atom. The molecule has 0 saturated heterocycles. The number of amides is 1. The number of aryl methyl sites for hydroxylation is 2. The van der Waals surface area contributed by atoms with E-state index in [1.165, 1.54) is 0 Å². The Balaban J connectivity index is 1.76. The topological polar surface area (TPSA) is 47.6 Å². The molecule has 4 heteroatoms. The second-order valence-corrected chi connectivity index (χ2v) is 7.71. The maximum absolute atomic E-state index is 12.7. The third kappa shape index (κ3) is 4.01. The van der Waals surface area contributed by atoms with Crippen LogP contribution in [0.4, 0.5) is 0 Å². The molecule has 0 aliphatic carbocycles. The summed E-state index contributed by atoms with van der Waals surface area (Å²) < 4.78 is 11.4. The molecule has 3 rings (SSSR count). The lowest BCUT2D eigenvalue weighted by Crippen LogP contribution is -2.41. The van der Waals surface area contributed by atoms with Crippen molar-refractivity contribution in [3.05, 3.63) is 58.7 Å². The molecule has 26 heavy (non-hydrogen) atoms. The SMILES string of the molecule is COc1ccc(CC(=O)N[C@@H]2CC(C)(C)Oc3ccc(C)cc32)cc1C. The first-order chi connectivity index (χ1) is 12.3. The van der Waals surface area contributed by atoms with Crippen molar-refractivity contribution >= 4 is 5.91 Å². The van der Waals surface area contributed by atoms with Gasteiger partial charge in [-0.3, -0.25) is 4.79 Å². The summed E-state index contributed by atoms with van der Waals surface area (Å²) in [5.74, 6) is 1.71. The summed E-state index contributed by atoms with van der Waals surface area (Å²) in [5.41, 5.74) is 3.93. The molecular formula is C22H27NO3. The van der Waals surface area contributed by atoms with Crippen LogP contribution >= 0.6 is 0 Å². The minimum absolute atomic E-state index is 0.0183. The number of benzene rings is 2. The van der Waals surface area contributed by atoms with Crippen LogP contribution in [0.5, 0.6) is 11.5 Å². The molecular weight excluding hydrogens is 326 g/mol. The molecule has 0 unspecified atom stereocenters. The average molecular weight is 353 g/mol. The molecule has 2 aromatic carbocycles. The summed E-state index contributed by atoms with van der Waals surface area (Å²) in [6.07, 6.45) is 1.10. The molecule has 0 saturated carbocycles. The molecule has 1 aliphatic rings. The quantitative estimate of drug-likeness (QED) is 0.893. The molecule has 1 heterocycles. The molecule has 0 fully saturated rings. The van der Waals surface area contributed by atoms with Gasteiger partial charge < -0.3 is 14.8 Å². The normalized spacial score (nSPS) is 17.8. The van der Waals surface area contributed by atoms with Crippen LogP contribution < -0.4 is 14.8 Å². The van der Waals surface area contributed by atoms with E-state index in [1.54, 1.807) is 7.11 Å². The van der Waals surface area contributed by atoms with Gasteiger partial charge in [0.1, 0.15) is 17.1 Å². The van der Waals surface area contributed by atoms with Crippen LogP contribution in [0.1, 0.15) is 48.6 Å². The largest absolute Gasteiger partial charge is 0.496 e. The first-order valence-electron chi connectivity index (χ1n) is 9.00. The highest BCUT2D eigenvalue weighted by atomic mass is 16.5. The van der Waals surface area contributed by atoms with Gasteiger partial charge in [0.25, 0.3) is 0 Å². The Labute approximate surface area is 155 Å². The van der Waals surface area contributed by atoms with Crippen molar-refractivity contribution in [1.29, 1.82) is 0 Å². The van der Waals surface area contributed by atoms with Crippen LogP contribution in [0.2, 0.25) is 0 Å². The van der Waals surface area contributed by atoms with E-state index in [0.717, 1.165) is 40.2 Å². The predicted octanol–water partition coefficient (Wildman–Crippen LogP) is 4.27. The van der Waals surface area contributed by atoms with Gasteiger partial charge in [0.2, 0.25) is 5.91 Å². The number of carbonyl (C=O) groups is 1. The summed E-state index contributed by atoms with van der Waals surface area (Å²) in [5, 5.41) is 3.20. The standard InChI is InChI=1S/C22H27NO3/c1-14-6-8-20-17(10-14)18(13-22(3,4)26-20)23-21(24)12-16-7-9-19(25-5)15(2)11-16/h6-11,18H,12-13H2,1-5H3,(H,23,24)/t18-/m1/s1. The van der Waals surface area contributed by atoms with Gasteiger partial charge in [-0.25, -0.2) is 0 Å². The fourth-order valence-electron chi connectivity index (χ4n) is 3.58. The molecule has 2 aromatic rings. The van der Waals surface area contributed by atoms with Crippen LogP contribution in [-0.2, 0) is 11.2 Å². The smallest absolute Gasteiger partial charge is 0.224 e. The summed E-state index contributed by atoms with van der Waals surface area (Å²) in [7, 11) is 1.65. The number of hydrogen-bond donors (Lipinski definition) is 1. The van der Waals surface area contributed by atoms with Crippen LogP contribution in [0, 0.1) is 13.8 Å². The monoisotopic (exact) mass is 353 g/mol. The summed E-state index contributed by atoms with van der Waals surface area (Å²) in [6, 6.07) is 12.0. The Morgan fingerprint density at radius 3 is 2.69 bits per heavy atom. The van der Waals surface area contributed by atoms with Gasteiger partial charge in [-0.1, -0.05) is 29.8 Å². The molecule has 1 N–H and O–H groups in total. The van der Waals surface area contributed by atoms with Crippen molar-refractivity contribution in [1.82, 2.24) is 5.32 Å². The second-order valence-electron chi connectivity index (χ2n) is 7.71. The molecule has 0 spiro atoms. The molecule has 0 aromatic heterocycles. The van der Waals surface area contributed by atoms with E-state index in [2.05, 4.69) is 32.2 Å². The molecule has 1 atom stereocenters. The van der Waals surface area contributed by atoms with E-state index in [0.29, 0.717) is 6.42 Å². The lowest BCUT2D eigenvalue weighted by Gasteiger charge is -2.38. The van der Waals surface area contributed by atoms with Crippen LogP contribution in [0.15, 0.2) is 36.4 Å². The Hall–Kier alpha value is -2.49. The second kappa shape index (κ2) is 7.02. The van der Waals surface area contributed by atoms with Crippen molar-refractivity contribution in [2.45, 2.75) is 52.2 Å². The van der Waals surface area contributed by atoms with E-state index < -0.39 is 0 Å². The maximum Gasteiger partial charge on any atom is 0.224 e. The van der Waals surface area contributed by atoms with Crippen molar-refractivity contribution < 1.29 is 14.3 Å². The van der Waals surface area contributed by atoms with Crippen LogP contribution in [-0.4, -0.2) is 18.6 Å². The number of carbonyl (C=O) groups excluding carboxylic acids is 1. The van der Waals surface area contributed by atoms with Crippen molar-refractivity contribution in [2.75, 3.05) is 7.11 Å². The Morgan fingerprint density at radius 2 is 2.00 bits per heavy atom. The molecule has 138 valence electrons. The number of fused-ring (bicyclic) bond motifs is 1. The van der Waals surface area contributed by atoms with Crippen LogP contribution in [0.25, 0.3) is 0 Å². The van der Waals surface area contributed by atoms with Gasteiger partial charge in [-0.15, -0.1) is 0 Å². The van der Waals surface area contributed by atoms with Crippen molar-refractivity contribution in [2.24, 2.45) is 0 Å². The number of nitrogens with one attached hydrogen (secondary N) is 1. The Kier molecular flexibility index (Phi) is 4.94. The Bertz CT molecular complexity index is 826. The molecule has 1 aliphatic heterocycles. The highest BCUT2D eigenvalue weighted by Crippen LogP contribution is 2.39. The van der Waals surface area contributed by atoms with E-state index in [1.807, 2.05) is 37.3 Å². The molecule has 0 radical (unpaired) electrons. The fourth-order valence-corrected chi connectivity index (χ4v) is 3.58.